The molecule has 0 radical (unpaired) electrons. The molecule has 0 spiro atoms. The number of piperidine rings is 1. The molecule has 8 heteroatoms. The number of pyridine rings is 1. The summed E-state index contributed by atoms with van der Waals surface area (Å²) in [5.74, 6) is -0.332. The average Bonchev–Trinajstić information content (AvgIpc) is 3.21. The van der Waals surface area contributed by atoms with Crippen LogP contribution in [0.2, 0.25) is 0 Å². The van der Waals surface area contributed by atoms with Gasteiger partial charge in [-0.3, -0.25) is 9.59 Å². The Morgan fingerprint density at radius 2 is 1.89 bits per heavy atom. The van der Waals surface area contributed by atoms with Crippen LogP contribution in [0.15, 0.2) is 18.2 Å². The van der Waals surface area contributed by atoms with E-state index < -0.39 is 0 Å². The van der Waals surface area contributed by atoms with Crippen LogP contribution in [0.4, 0.5) is 0 Å². The van der Waals surface area contributed by atoms with Crippen LogP contribution < -0.4 is 10.6 Å². The van der Waals surface area contributed by atoms with Gasteiger partial charge in [-0.05, 0) is 50.9 Å². The van der Waals surface area contributed by atoms with Crippen LogP contribution in [0.3, 0.4) is 0 Å². The normalized spacial score (nSPS) is 18.6. The molecular formula is C19H29ClN4O3. The maximum absolute atomic E-state index is 12.6. The fraction of sp³-hybridized carbons (Fsp3) is 0.632. The van der Waals surface area contributed by atoms with Crippen molar-refractivity contribution in [2.75, 3.05) is 46.4 Å². The highest BCUT2D eigenvalue weighted by Crippen LogP contribution is 2.28. The van der Waals surface area contributed by atoms with E-state index in [-0.39, 0.29) is 35.3 Å². The molecule has 1 aromatic heterocycles. The number of carbonyl (C=O) groups excluding carboxylic acids is 2. The monoisotopic (exact) mass is 396 g/mol. The highest BCUT2D eigenvalue weighted by Gasteiger charge is 2.32. The Balaban J connectivity index is 0.00000261. The van der Waals surface area contributed by atoms with Crippen molar-refractivity contribution in [1.82, 2.24) is 20.5 Å². The molecule has 0 atom stereocenters. The smallest absolute Gasteiger partial charge is 0.272 e. The Morgan fingerprint density at radius 1 is 1.22 bits per heavy atom. The van der Waals surface area contributed by atoms with Crippen LogP contribution in [0.25, 0.3) is 0 Å². The van der Waals surface area contributed by atoms with Gasteiger partial charge in [-0.2, -0.15) is 0 Å². The largest absolute Gasteiger partial charge is 0.384 e. The van der Waals surface area contributed by atoms with Crippen LogP contribution in [0.5, 0.6) is 0 Å². The minimum absolute atomic E-state index is 0. The van der Waals surface area contributed by atoms with Crippen molar-refractivity contribution >= 4 is 24.2 Å². The number of carbonyl (C=O) groups is 2. The number of likely N-dealkylation sites (tertiary alicyclic amines) is 1. The highest BCUT2D eigenvalue weighted by atomic mass is 35.5. The summed E-state index contributed by atoms with van der Waals surface area (Å²) in [7, 11) is 1.70. The number of hydrogen-bond donors (Lipinski definition) is 2. The second kappa shape index (κ2) is 10.0. The number of halogens is 1. The first-order chi connectivity index (χ1) is 12.6. The number of rotatable bonds is 6. The first-order valence-electron chi connectivity index (χ1n) is 9.38. The van der Waals surface area contributed by atoms with Gasteiger partial charge in [-0.15, -0.1) is 12.4 Å². The van der Waals surface area contributed by atoms with E-state index >= 15 is 0 Å². The summed E-state index contributed by atoms with van der Waals surface area (Å²) in [6.07, 6.45) is 3.98. The summed E-state index contributed by atoms with van der Waals surface area (Å²) >= 11 is 0. The van der Waals surface area contributed by atoms with Crippen LogP contribution in [-0.4, -0.2) is 68.1 Å². The molecule has 2 fully saturated rings. The molecule has 0 unspecified atom stereocenters. The van der Waals surface area contributed by atoms with Crippen molar-refractivity contribution in [3.8, 4) is 0 Å². The highest BCUT2D eigenvalue weighted by molar-refractivity contribution is 5.96. The molecule has 0 bridgehead atoms. The van der Waals surface area contributed by atoms with Crippen LogP contribution in [0, 0.1) is 5.41 Å². The zero-order valence-electron chi connectivity index (χ0n) is 15.8. The fourth-order valence-corrected chi connectivity index (χ4v) is 3.76. The van der Waals surface area contributed by atoms with Crippen molar-refractivity contribution in [1.29, 1.82) is 0 Å². The van der Waals surface area contributed by atoms with E-state index in [4.69, 9.17) is 4.74 Å². The molecule has 0 saturated carbocycles. The van der Waals surface area contributed by atoms with E-state index in [9.17, 15) is 9.59 Å². The lowest BCUT2D eigenvalue weighted by Crippen LogP contribution is -2.47. The number of nitrogens with one attached hydrogen (secondary N) is 2. The predicted octanol–water partition coefficient (Wildman–Crippen LogP) is 1.49. The minimum Gasteiger partial charge on any atom is -0.384 e. The zero-order chi connectivity index (χ0) is 18.4. The van der Waals surface area contributed by atoms with Gasteiger partial charge in [0.15, 0.2) is 0 Å². The standard InChI is InChI=1S/C19H28N4O3.ClH/c1-26-14-19(7-9-20-10-8-19)13-21-17(24)15-5-4-6-16(22-15)18(25)23-11-2-3-12-23;/h4-6,20H,2-3,7-14H2,1H3,(H,21,24);1H. The average molecular weight is 397 g/mol. The van der Waals surface area contributed by atoms with Gasteiger partial charge in [-0.25, -0.2) is 4.98 Å². The van der Waals surface area contributed by atoms with Gasteiger partial charge in [0.05, 0.1) is 6.61 Å². The van der Waals surface area contributed by atoms with Gasteiger partial charge in [0.25, 0.3) is 11.8 Å². The summed E-state index contributed by atoms with van der Waals surface area (Å²) in [5.41, 5.74) is 0.586. The Hall–Kier alpha value is -1.70. The molecule has 0 aromatic carbocycles. The van der Waals surface area contributed by atoms with Crippen LogP contribution in [0.1, 0.15) is 46.7 Å². The van der Waals surface area contributed by atoms with Gasteiger partial charge in [0.2, 0.25) is 0 Å². The molecule has 27 heavy (non-hydrogen) atoms. The lowest BCUT2D eigenvalue weighted by Gasteiger charge is -2.37. The van der Waals surface area contributed by atoms with Gasteiger partial charge in [0.1, 0.15) is 11.4 Å². The van der Waals surface area contributed by atoms with Crippen molar-refractivity contribution < 1.29 is 14.3 Å². The van der Waals surface area contributed by atoms with E-state index in [1.165, 1.54) is 0 Å². The summed E-state index contributed by atoms with van der Waals surface area (Å²) in [6.45, 7) is 4.56. The van der Waals surface area contributed by atoms with E-state index in [2.05, 4.69) is 15.6 Å². The minimum atomic E-state index is -0.241. The molecule has 1 aromatic rings. The fourth-order valence-electron chi connectivity index (χ4n) is 3.76. The van der Waals surface area contributed by atoms with E-state index in [1.54, 1.807) is 30.2 Å². The topological polar surface area (TPSA) is 83.6 Å². The SMILES string of the molecule is COCC1(CNC(=O)c2cccc(C(=O)N3CCCC3)n2)CCNCC1.Cl. The molecule has 2 amide bonds. The zero-order valence-corrected chi connectivity index (χ0v) is 16.6. The van der Waals surface area contributed by atoms with E-state index in [1.807, 2.05) is 0 Å². The van der Waals surface area contributed by atoms with Crippen LogP contribution >= 0.6 is 12.4 Å². The number of ether oxygens (including phenoxy) is 1. The molecule has 2 aliphatic rings. The Bertz CT molecular complexity index is 638. The summed E-state index contributed by atoms with van der Waals surface area (Å²) in [5, 5.41) is 6.34. The molecular weight excluding hydrogens is 368 g/mol. The third-order valence-electron chi connectivity index (χ3n) is 5.33. The number of nitrogens with zero attached hydrogens (tertiary/aromatic N) is 2. The summed E-state index contributed by atoms with van der Waals surface area (Å²) in [4.78, 5) is 31.1. The molecule has 2 N–H and O–H groups in total. The van der Waals surface area contributed by atoms with Gasteiger partial charge in [0, 0.05) is 32.2 Å². The first kappa shape index (κ1) is 21.6. The molecule has 3 rings (SSSR count). The van der Waals surface area contributed by atoms with E-state index in [0.29, 0.717) is 18.8 Å². The lowest BCUT2D eigenvalue weighted by atomic mass is 9.79. The van der Waals surface area contributed by atoms with Gasteiger partial charge >= 0.3 is 0 Å². The van der Waals surface area contributed by atoms with Gasteiger partial charge in [-0.1, -0.05) is 6.07 Å². The molecule has 0 aliphatic carbocycles. The summed E-state index contributed by atoms with van der Waals surface area (Å²) in [6, 6.07) is 5.05. The maximum atomic E-state index is 12.6. The molecule has 150 valence electrons. The molecule has 7 nitrogen and oxygen atoms in total. The second-order valence-corrected chi connectivity index (χ2v) is 7.27. The van der Waals surface area contributed by atoms with Gasteiger partial charge < -0.3 is 20.3 Å². The third-order valence-corrected chi connectivity index (χ3v) is 5.33. The second-order valence-electron chi connectivity index (χ2n) is 7.27. The van der Waals surface area contributed by atoms with Crippen LogP contribution in [-0.2, 0) is 4.74 Å². The summed E-state index contributed by atoms with van der Waals surface area (Å²) < 4.78 is 5.39. The molecule has 2 saturated heterocycles. The molecule has 3 heterocycles. The number of hydrogen-bond acceptors (Lipinski definition) is 5. The van der Waals surface area contributed by atoms with E-state index in [0.717, 1.165) is 51.9 Å². The van der Waals surface area contributed by atoms with Crippen molar-refractivity contribution in [2.45, 2.75) is 25.7 Å². The predicted molar refractivity (Wildman–Crippen MR) is 105 cm³/mol. The maximum Gasteiger partial charge on any atom is 0.272 e. The van der Waals surface area contributed by atoms with Crippen molar-refractivity contribution in [3.63, 3.8) is 0 Å². The quantitative estimate of drug-likeness (QED) is 0.761. The Kier molecular flexibility index (Phi) is 8.01. The molecule has 2 aliphatic heterocycles. The Labute approximate surface area is 166 Å². The number of aromatic nitrogens is 1. The van der Waals surface area contributed by atoms with Crippen molar-refractivity contribution in [3.05, 3.63) is 29.6 Å². The van der Waals surface area contributed by atoms with Crippen molar-refractivity contribution in [2.24, 2.45) is 5.41 Å². The Morgan fingerprint density at radius 3 is 2.56 bits per heavy atom. The number of methoxy groups -OCH3 is 1. The first-order valence-corrected chi connectivity index (χ1v) is 9.38. The lowest BCUT2D eigenvalue weighted by molar-refractivity contribution is 0.0510. The third kappa shape index (κ3) is 5.40. The number of amides is 2.